The maximum absolute atomic E-state index is 5.52. The van der Waals surface area contributed by atoms with E-state index in [1.54, 1.807) is 0 Å². The first-order chi connectivity index (χ1) is 12.1. The summed E-state index contributed by atoms with van der Waals surface area (Å²) in [5.74, 6) is 1.58. The van der Waals surface area contributed by atoms with Gasteiger partial charge in [-0.2, -0.15) is 0 Å². The molecule has 1 atom stereocenters. The van der Waals surface area contributed by atoms with Crippen molar-refractivity contribution >= 4 is 5.65 Å². The van der Waals surface area contributed by atoms with Crippen LogP contribution < -0.4 is 0 Å². The van der Waals surface area contributed by atoms with Gasteiger partial charge in [-0.1, -0.05) is 6.07 Å². The smallest absolute Gasteiger partial charge is 0.160 e. The molecule has 4 heterocycles. The first kappa shape index (κ1) is 16.9. The predicted octanol–water partition coefficient (Wildman–Crippen LogP) is 2.02. The van der Waals surface area contributed by atoms with Crippen LogP contribution in [0.1, 0.15) is 38.4 Å². The lowest BCUT2D eigenvalue weighted by Crippen LogP contribution is -2.56. The molecule has 25 heavy (non-hydrogen) atoms. The van der Waals surface area contributed by atoms with Crippen LogP contribution in [0.3, 0.4) is 0 Å². The number of hydrogen-bond acceptors (Lipinski definition) is 5. The molecule has 6 nitrogen and oxygen atoms in total. The van der Waals surface area contributed by atoms with Gasteiger partial charge in [-0.3, -0.25) is 9.30 Å². The number of hydrogen-bond donors (Lipinski definition) is 0. The summed E-state index contributed by atoms with van der Waals surface area (Å²) in [6.45, 7) is 11.9. The van der Waals surface area contributed by atoms with Crippen molar-refractivity contribution in [2.24, 2.45) is 0 Å². The number of likely N-dealkylation sites (tertiary alicyclic amines) is 1. The molecule has 6 heteroatoms. The van der Waals surface area contributed by atoms with Crippen molar-refractivity contribution in [2.45, 2.75) is 38.1 Å². The SMILES string of the molecule is CC(C)(CN1CCC[C@H](c2nnc3ccccn23)C1)N1CCOCC1. The summed E-state index contributed by atoms with van der Waals surface area (Å²) in [7, 11) is 0. The monoisotopic (exact) mass is 343 g/mol. The molecule has 2 fully saturated rings. The highest BCUT2D eigenvalue weighted by atomic mass is 16.5. The van der Waals surface area contributed by atoms with Crippen molar-refractivity contribution in [2.75, 3.05) is 45.9 Å². The van der Waals surface area contributed by atoms with Gasteiger partial charge < -0.3 is 9.64 Å². The zero-order valence-corrected chi connectivity index (χ0v) is 15.4. The fourth-order valence-electron chi connectivity index (χ4n) is 4.36. The molecule has 2 aliphatic rings. The average Bonchev–Trinajstić information content (AvgIpc) is 3.06. The predicted molar refractivity (Wildman–Crippen MR) is 97.9 cm³/mol. The maximum atomic E-state index is 5.52. The number of nitrogens with zero attached hydrogens (tertiary/aromatic N) is 5. The molecule has 0 bridgehead atoms. The van der Waals surface area contributed by atoms with Crippen molar-refractivity contribution in [1.82, 2.24) is 24.4 Å². The van der Waals surface area contributed by atoms with Crippen LogP contribution in [0.15, 0.2) is 24.4 Å². The quantitative estimate of drug-likeness (QED) is 0.850. The zero-order valence-electron chi connectivity index (χ0n) is 15.4. The first-order valence-corrected chi connectivity index (χ1v) is 9.48. The Labute approximate surface area is 149 Å². The van der Waals surface area contributed by atoms with Crippen molar-refractivity contribution in [3.05, 3.63) is 30.2 Å². The lowest BCUT2D eigenvalue weighted by atomic mass is 9.94. The summed E-state index contributed by atoms with van der Waals surface area (Å²) in [6.07, 6.45) is 4.51. The third kappa shape index (κ3) is 3.57. The number of pyridine rings is 1. The summed E-state index contributed by atoms with van der Waals surface area (Å²) in [6, 6.07) is 6.10. The number of piperidine rings is 1. The van der Waals surface area contributed by atoms with Gasteiger partial charge in [0.1, 0.15) is 5.82 Å². The fourth-order valence-corrected chi connectivity index (χ4v) is 4.36. The second-order valence-corrected chi connectivity index (χ2v) is 7.97. The molecule has 0 spiro atoms. The fraction of sp³-hybridized carbons (Fsp3) is 0.684. The summed E-state index contributed by atoms with van der Waals surface area (Å²) in [5, 5.41) is 8.84. The molecular formula is C19H29N5O. The molecule has 0 radical (unpaired) electrons. The highest BCUT2D eigenvalue weighted by Gasteiger charge is 2.33. The second-order valence-electron chi connectivity index (χ2n) is 7.97. The van der Waals surface area contributed by atoms with E-state index in [4.69, 9.17) is 4.74 Å². The Morgan fingerprint density at radius 2 is 2.00 bits per heavy atom. The minimum absolute atomic E-state index is 0.179. The molecule has 2 aliphatic heterocycles. The first-order valence-electron chi connectivity index (χ1n) is 9.48. The van der Waals surface area contributed by atoms with E-state index in [1.807, 2.05) is 12.1 Å². The third-order valence-corrected chi connectivity index (χ3v) is 5.69. The Hall–Kier alpha value is -1.50. The Morgan fingerprint density at radius 3 is 2.84 bits per heavy atom. The van der Waals surface area contributed by atoms with E-state index in [9.17, 15) is 0 Å². The summed E-state index contributed by atoms with van der Waals surface area (Å²) >= 11 is 0. The largest absolute Gasteiger partial charge is 0.379 e. The number of fused-ring (bicyclic) bond motifs is 1. The topological polar surface area (TPSA) is 45.9 Å². The van der Waals surface area contributed by atoms with Crippen LogP contribution in [0.25, 0.3) is 5.65 Å². The van der Waals surface area contributed by atoms with Crippen molar-refractivity contribution in [3.8, 4) is 0 Å². The summed E-state index contributed by atoms with van der Waals surface area (Å²) in [5.41, 5.74) is 1.13. The van der Waals surface area contributed by atoms with Gasteiger partial charge in [0.2, 0.25) is 0 Å². The van der Waals surface area contributed by atoms with Crippen LogP contribution in [0.5, 0.6) is 0 Å². The molecule has 136 valence electrons. The second kappa shape index (κ2) is 7.02. The number of rotatable bonds is 4. The number of ether oxygens (including phenoxy) is 1. The molecule has 0 N–H and O–H groups in total. The maximum Gasteiger partial charge on any atom is 0.160 e. The van der Waals surface area contributed by atoms with Crippen LogP contribution in [0.2, 0.25) is 0 Å². The third-order valence-electron chi connectivity index (χ3n) is 5.69. The highest BCUT2D eigenvalue weighted by Crippen LogP contribution is 2.28. The molecular weight excluding hydrogens is 314 g/mol. The van der Waals surface area contributed by atoms with Gasteiger partial charge >= 0.3 is 0 Å². The molecule has 0 amide bonds. The summed E-state index contributed by atoms with van der Waals surface area (Å²) < 4.78 is 7.67. The molecule has 0 aliphatic carbocycles. The lowest BCUT2D eigenvalue weighted by Gasteiger charge is -2.45. The van der Waals surface area contributed by atoms with Crippen molar-refractivity contribution in [1.29, 1.82) is 0 Å². The molecule has 0 aromatic carbocycles. The molecule has 2 aromatic rings. The van der Waals surface area contributed by atoms with Gasteiger partial charge in [0.25, 0.3) is 0 Å². The van der Waals surface area contributed by atoms with E-state index in [0.29, 0.717) is 5.92 Å². The Kier molecular flexibility index (Phi) is 4.75. The van der Waals surface area contributed by atoms with Crippen LogP contribution in [0.4, 0.5) is 0 Å². The Balaban J connectivity index is 1.45. The van der Waals surface area contributed by atoms with Gasteiger partial charge in [0.15, 0.2) is 5.65 Å². The van der Waals surface area contributed by atoms with E-state index in [1.165, 1.54) is 19.4 Å². The Bertz CT molecular complexity index is 707. The molecule has 0 saturated carbocycles. The van der Waals surface area contributed by atoms with E-state index in [0.717, 1.165) is 50.9 Å². The lowest BCUT2D eigenvalue weighted by molar-refractivity contribution is -0.0242. The van der Waals surface area contributed by atoms with Gasteiger partial charge in [0.05, 0.1) is 13.2 Å². The molecule has 4 rings (SSSR count). The van der Waals surface area contributed by atoms with Crippen LogP contribution >= 0.6 is 0 Å². The van der Waals surface area contributed by atoms with Crippen LogP contribution in [0, 0.1) is 0 Å². The average molecular weight is 343 g/mol. The Morgan fingerprint density at radius 1 is 1.16 bits per heavy atom. The van der Waals surface area contributed by atoms with E-state index < -0.39 is 0 Å². The van der Waals surface area contributed by atoms with Gasteiger partial charge in [-0.15, -0.1) is 10.2 Å². The van der Waals surface area contributed by atoms with Crippen LogP contribution in [-0.4, -0.2) is 75.9 Å². The summed E-state index contributed by atoms with van der Waals surface area (Å²) in [4.78, 5) is 5.19. The van der Waals surface area contributed by atoms with Crippen molar-refractivity contribution < 1.29 is 4.74 Å². The van der Waals surface area contributed by atoms with E-state index in [-0.39, 0.29) is 5.54 Å². The van der Waals surface area contributed by atoms with Gasteiger partial charge in [-0.25, -0.2) is 0 Å². The number of aromatic nitrogens is 3. The number of morpholine rings is 1. The van der Waals surface area contributed by atoms with Crippen LogP contribution in [-0.2, 0) is 4.74 Å². The molecule has 0 unspecified atom stereocenters. The minimum Gasteiger partial charge on any atom is -0.379 e. The zero-order chi connectivity index (χ0) is 17.3. The molecule has 2 saturated heterocycles. The van der Waals surface area contributed by atoms with Gasteiger partial charge in [-0.05, 0) is 45.4 Å². The highest BCUT2D eigenvalue weighted by molar-refractivity contribution is 5.37. The minimum atomic E-state index is 0.179. The molecule has 2 aromatic heterocycles. The van der Waals surface area contributed by atoms with E-state index in [2.05, 4.69) is 50.5 Å². The normalized spacial score (nSPS) is 24.0. The van der Waals surface area contributed by atoms with Crippen molar-refractivity contribution in [3.63, 3.8) is 0 Å². The standard InChI is InChI=1S/C19H29N5O/c1-19(2,23-10-12-25-13-11-23)15-22-8-5-6-16(14-22)18-21-20-17-7-3-4-9-24(17)18/h3-4,7,9,16H,5-6,8,10-15H2,1-2H3/t16-/m0/s1. The van der Waals surface area contributed by atoms with E-state index >= 15 is 0 Å². The van der Waals surface area contributed by atoms with Gasteiger partial charge in [0, 0.05) is 43.8 Å².